The van der Waals surface area contributed by atoms with Crippen molar-refractivity contribution in [1.82, 2.24) is 9.97 Å². The number of imidazole rings is 1. The molecule has 3 aromatic rings. The Hall–Kier alpha value is -2.95. The van der Waals surface area contributed by atoms with Crippen LogP contribution >= 0.6 is 0 Å². The third-order valence-electron chi connectivity index (χ3n) is 3.14. The molecule has 25 heavy (non-hydrogen) atoms. The number of hydrogen-bond donors (Lipinski definition) is 3. The van der Waals surface area contributed by atoms with Crippen molar-refractivity contribution in [2.45, 2.75) is 11.3 Å². The number of aromatic nitrogens is 2. The molecule has 0 aliphatic carbocycles. The monoisotopic (exact) mass is 373 g/mol. The minimum absolute atomic E-state index is 0.0529. The summed E-state index contributed by atoms with van der Waals surface area (Å²) in [6.45, 7) is 0. The molecule has 0 fully saturated rings. The zero-order valence-electron chi connectivity index (χ0n) is 12.2. The summed E-state index contributed by atoms with van der Waals surface area (Å²) in [5.74, 6) is -0.471. The van der Waals surface area contributed by atoms with Crippen LogP contribution in [0.5, 0.6) is 5.75 Å². The van der Waals surface area contributed by atoms with Gasteiger partial charge in [-0.05, 0) is 42.5 Å². The van der Waals surface area contributed by atoms with Crippen LogP contribution < -0.4 is 15.1 Å². The molecule has 0 unspecified atom stereocenters. The number of H-pyrrole nitrogens is 2. The number of anilines is 1. The van der Waals surface area contributed by atoms with Crippen LogP contribution in [0, 0.1) is 0 Å². The number of alkyl halides is 3. The summed E-state index contributed by atoms with van der Waals surface area (Å²) in [4.78, 5) is 16.0. The zero-order valence-corrected chi connectivity index (χ0v) is 13.0. The fourth-order valence-electron chi connectivity index (χ4n) is 2.12. The Kier molecular flexibility index (Phi) is 3.95. The molecular formula is C14H10F3N3O4S. The number of ether oxygens (including phenoxy) is 1. The first-order chi connectivity index (χ1) is 11.6. The molecule has 3 rings (SSSR count). The summed E-state index contributed by atoms with van der Waals surface area (Å²) < 4.78 is 66.9. The molecule has 0 atom stereocenters. The van der Waals surface area contributed by atoms with Gasteiger partial charge in [-0.15, -0.1) is 13.2 Å². The van der Waals surface area contributed by atoms with Crippen LogP contribution in [0.2, 0.25) is 0 Å². The van der Waals surface area contributed by atoms with Gasteiger partial charge in [-0.3, -0.25) is 4.72 Å². The Morgan fingerprint density at radius 1 is 0.960 bits per heavy atom. The lowest BCUT2D eigenvalue weighted by molar-refractivity contribution is -0.274. The van der Waals surface area contributed by atoms with Crippen molar-refractivity contribution in [2.75, 3.05) is 4.72 Å². The molecular weight excluding hydrogens is 363 g/mol. The number of sulfonamides is 1. The molecule has 2 aromatic carbocycles. The van der Waals surface area contributed by atoms with Gasteiger partial charge in [0.2, 0.25) is 0 Å². The Balaban J connectivity index is 1.83. The lowest BCUT2D eigenvalue weighted by Crippen LogP contribution is -2.17. The summed E-state index contributed by atoms with van der Waals surface area (Å²) in [5, 5.41) is 0. The van der Waals surface area contributed by atoms with Gasteiger partial charge in [0.05, 0.1) is 15.9 Å². The zero-order chi connectivity index (χ0) is 18.2. The number of halogens is 3. The molecule has 0 radical (unpaired) electrons. The minimum Gasteiger partial charge on any atom is -0.406 e. The standard InChI is InChI=1S/C14H10F3N3O4S/c15-14(16,17)24-9-3-1-8(2-4-9)20-25(22,23)10-5-6-11-12(7-10)19-13(21)18-11/h1-7,20H,(H2,18,19,21). The Bertz CT molecular complexity index is 1070. The molecule has 3 N–H and O–H groups in total. The Morgan fingerprint density at radius 2 is 1.60 bits per heavy atom. The average molecular weight is 373 g/mol. The highest BCUT2D eigenvalue weighted by Gasteiger charge is 2.31. The number of hydrogen-bond acceptors (Lipinski definition) is 4. The molecule has 0 amide bonds. The van der Waals surface area contributed by atoms with Gasteiger partial charge in [-0.2, -0.15) is 0 Å². The van der Waals surface area contributed by atoms with E-state index in [9.17, 15) is 26.4 Å². The van der Waals surface area contributed by atoms with E-state index in [1.807, 2.05) is 0 Å². The number of benzene rings is 2. The number of fused-ring (bicyclic) bond motifs is 1. The van der Waals surface area contributed by atoms with Gasteiger partial charge >= 0.3 is 12.1 Å². The molecule has 0 spiro atoms. The van der Waals surface area contributed by atoms with Crippen molar-refractivity contribution in [3.63, 3.8) is 0 Å². The van der Waals surface area contributed by atoms with Crippen molar-refractivity contribution in [2.24, 2.45) is 0 Å². The third kappa shape index (κ3) is 3.94. The van der Waals surface area contributed by atoms with E-state index in [0.717, 1.165) is 24.3 Å². The molecule has 1 heterocycles. The van der Waals surface area contributed by atoms with Crippen LogP contribution in [0.15, 0.2) is 52.2 Å². The highest BCUT2D eigenvalue weighted by atomic mass is 32.2. The van der Waals surface area contributed by atoms with Crippen LogP contribution in [0.1, 0.15) is 0 Å². The number of rotatable bonds is 4. The maximum atomic E-state index is 12.3. The maximum Gasteiger partial charge on any atom is 0.573 e. The highest BCUT2D eigenvalue weighted by molar-refractivity contribution is 7.92. The van der Waals surface area contributed by atoms with E-state index in [4.69, 9.17) is 0 Å². The normalized spacial score (nSPS) is 12.3. The van der Waals surface area contributed by atoms with Crippen LogP contribution in [0.25, 0.3) is 11.0 Å². The molecule has 132 valence electrons. The lowest BCUT2D eigenvalue weighted by Gasteiger charge is -2.11. The van der Waals surface area contributed by atoms with Crippen molar-refractivity contribution in [3.8, 4) is 5.75 Å². The SMILES string of the molecule is O=c1[nH]c2ccc(S(=O)(=O)Nc3ccc(OC(F)(F)F)cc3)cc2[nH]1. The molecule has 0 aliphatic rings. The van der Waals surface area contributed by atoms with Gasteiger partial charge in [0.1, 0.15) is 5.75 Å². The predicted molar refractivity (Wildman–Crippen MR) is 82.9 cm³/mol. The Morgan fingerprint density at radius 3 is 2.24 bits per heavy atom. The van der Waals surface area contributed by atoms with Crippen LogP contribution in [0.4, 0.5) is 18.9 Å². The van der Waals surface area contributed by atoms with Gasteiger partial charge < -0.3 is 14.7 Å². The van der Waals surface area contributed by atoms with Gasteiger partial charge in [0, 0.05) is 5.69 Å². The van der Waals surface area contributed by atoms with Crippen molar-refractivity contribution < 1.29 is 26.3 Å². The quantitative estimate of drug-likeness (QED) is 0.654. The second-order valence-electron chi connectivity index (χ2n) is 4.96. The summed E-state index contributed by atoms with van der Waals surface area (Å²) in [5.41, 5.74) is 0.328. The van der Waals surface area contributed by atoms with E-state index in [0.29, 0.717) is 11.0 Å². The van der Waals surface area contributed by atoms with Crippen molar-refractivity contribution in [1.29, 1.82) is 0 Å². The summed E-state index contributed by atoms with van der Waals surface area (Å²) in [6, 6.07) is 8.20. The highest BCUT2D eigenvalue weighted by Crippen LogP contribution is 2.25. The second-order valence-corrected chi connectivity index (χ2v) is 6.65. The molecule has 11 heteroatoms. The molecule has 0 bridgehead atoms. The molecule has 0 saturated carbocycles. The van der Waals surface area contributed by atoms with Crippen molar-refractivity contribution in [3.05, 3.63) is 52.9 Å². The molecule has 0 aliphatic heterocycles. The predicted octanol–water partition coefficient (Wildman–Crippen LogP) is 2.56. The topological polar surface area (TPSA) is 104 Å². The fourth-order valence-corrected chi connectivity index (χ4v) is 3.20. The first-order valence-electron chi connectivity index (χ1n) is 6.73. The first-order valence-corrected chi connectivity index (χ1v) is 8.21. The first kappa shape index (κ1) is 16.9. The van der Waals surface area contributed by atoms with E-state index in [2.05, 4.69) is 19.4 Å². The fraction of sp³-hybridized carbons (Fsp3) is 0.0714. The van der Waals surface area contributed by atoms with Gasteiger partial charge in [-0.1, -0.05) is 0 Å². The van der Waals surface area contributed by atoms with Gasteiger partial charge in [-0.25, -0.2) is 13.2 Å². The average Bonchev–Trinajstić information content (AvgIpc) is 2.86. The van der Waals surface area contributed by atoms with Gasteiger partial charge in [0.25, 0.3) is 10.0 Å². The minimum atomic E-state index is -4.83. The van der Waals surface area contributed by atoms with Gasteiger partial charge in [0.15, 0.2) is 0 Å². The van der Waals surface area contributed by atoms with Crippen LogP contribution in [-0.4, -0.2) is 24.7 Å². The summed E-state index contributed by atoms with van der Waals surface area (Å²) in [7, 11) is -3.99. The lowest BCUT2D eigenvalue weighted by atomic mass is 10.3. The third-order valence-corrected chi connectivity index (χ3v) is 4.52. The van der Waals surface area contributed by atoms with E-state index < -0.39 is 27.8 Å². The van der Waals surface area contributed by atoms with E-state index in [1.54, 1.807) is 0 Å². The Labute approximate surface area is 138 Å². The van der Waals surface area contributed by atoms with E-state index >= 15 is 0 Å². The number of aromatic amines is 2. The maximum absolute atomic E-state index is 12.3. The van der Waals surface area contributed by atoms with Crippen LogP contribution in [-0.2, 0) is 10.0 Å². The van der Waals surface area contributed by atoms with E-state index in [1.165, 1.54) is 18.2 Å². The second kappa shape index (κ2) is 5.84. The summed E-state index contributed by atoms with van der Waals surface area (Å²) in [6.07, 6.45) is -4.83. The smallest absolute Gasteiger partial charge is 0.406 e. The van der Waals surface area contributed by atoms with Crippen molar-refractivity contribution >= 4 is 26.7 Å². The molecule has 7 nitrogen and oxygen atoms in total. The largest absolute Gasteiger partial charge is 0.573 e. The summed E-state index contributed by atoms with van der Waals surface area (Å²) >= 11 is 0. The molecule has 0 saturated heterocycles. The molecule has 1 aromatic heterocycles. The number of nitrogens with one attached hydrogen (secondary N) is 3. The van der Waals surface area contributed by atoms with E-state index in [-0.39, 0.29) is 10.6 Å². The van der Waals surface area contributed by atoms with Crippen LogP contribution in [0.3, 0.4) is 0 Å².